The summed E-state index contributed by atoms with van der Waals surface area (Å²) in [4.78, 5) is 47.5. The van der Waals surface area contributed by atoms with Gasteiger partial charge in [-0.2, -0.15) is 0 Å². The van der Waals surface area contributed by atoms with Crippen molar-refractivity contribution in [2.45, 2.75) is 212 Å². The fourth-order valence-electron chi connectivity index (χ4n) is 6.18. The lowest BCUT2D eigenvalue weighted by Crippen LogP contribution is -2.47. The van der Waals surface area contributed by atoms with E-state index in [1.54, 1.807) is 0 Å². The number of rotatable bonds is 39. The Morgan fingerprint density at radius 2 is 1.06 bits per heavy atom. The van der Waals surface area contributed by atoms with Crippen molar-refractivity contribution in [2.24, 2.45) is 0 Å². The summed E-state index contributed by atoms with van der Waals surface area (Å²) in [6.45, 7) is 3.42. The number of esters is 1. The predicted octanol–water partition coefficient (Wildman–Crippen LogP) is 10.6. The van der Waals surface area contributed by atoms with Crippen LogP contribution in [0.25, 0.3) is 0 Å². The number of hydrogen-bond donors (Lipinski definition) is 4. The van der Waals surface area contributed by atoms with Gasteiger partial charge in [-0.3, -0.25) is 14.4 Å². The first-order valence-corrected chi connectivity index (χ1v) is 21.9. The molecule has 0 heterocycles. The molecule has 0 aliphatic rings. The third-order valence-corrected chi connectivity index (χ3v) is 9.59. The van der Waals surface area contributed by atoms with E-state index >= 15 is 0 Å². The van der Waals surface area contributed by atoms with E-state index in [0.717, 1.165) is 57.8 Å². The number of aliphatic carboxylic acids is 1. The van der Waals surface area contributed by atoms with E-state index in [4.69, 9.17) is 14.9 Å². The maximum atomic E-state index is 12.7. The number of carbonyl (C=O) groups excluding carboxylic acids is 3. The zero-order valence-electron chi connectivity index (χ0n) is 34.5. The molecule has 54 heavy (non-hydrogen) atoms. The molecule has 0 aromatic carbocycles. The smallest absolute Gasteiger partial charge is 0.328 e. The molecule has 0 aromatic rings. The van der Waals surface area contributed by atoms with Gasteiger partial charge in [-0.1, -0.05) is 147 Å². The van der Waals surface area contributed by atoms with Gasteiger partial charge in [0.15, 0.2) is 0 Å². The van der Waals surface area contributed by atoms with E-state index in [9.17, 15) is 19.2 Å². The van der Waals surface area contributed by atoms with E-state index < -0.39 is 24.5 Å². The summed E-state index contributed by atoms with van der Waals surface area (Å²) in [7, 11) is 0. The van der Waals surface area contributed by atoms with E-state index in [1.165, 1.54) is 109 Å². The van der Waals surface area contributed by atoms with Crippen molar-refractivity contribution >= 4 is 23.8 Å². The van der Waals surface area contributed by atoms with E-state index in [2.05, 4.69) is 60.9 Å². The zero-order chi connectivity index (χ0) is 39.7. The largest absolute Gasteiger partial charge is 0.480 e. The monoisotopic (exact) mass is 761 g/mol. The minimum absolute atomic E-state index is 0.115. The highest BCUT2D eigenvalue weighted by Crippen LogP contribution is 2.16. The maximum absolute atomic E-state index is 12.7. The van der Waals surface area contributed by atoms with Crippen LogP contribution in [-0.4, -0.2) is 59.3 Å². The van der Waals surface area contributed by atoms with Crippen LogP contribution >= 0.6 is 0 Å². The fraction of sp³-hybridized carbons (Fsp3) is 0.778. The summed E-state index contributed by atoms with van der Waals surface area (Å²) in [5.41, 5.74) is 0. The average Bonchev–Trinajstić information content (AvgIpc) is 3.15. The Labute approximate surface area is 329 Å². The van der Waals surface area contributed by atoms with Crippen molar-refractivity contribution in [2.75, 3.05) is 13.2 Å². The molecule has 312 valence electrons. The van der Waals surface area contributed by atoms with Gasteiger partial charge in [0.25, 0.3) is 0 Å². The second-order valence-corrected chi connectivity index (χ2v) is 14.8. The summed E-state index contributed by atoms with van der Waals surface area (Å²) in [5, 5.41) is 22.5. The van der Waals surface area contributed by atoms with Crippen molar-refractivity contribution in [3.8, 4) is 0 Å². The summed E-state index contributed by atoms with van der Waals surface area (Å²) in [5.74, 6) is -2.40. The van der Waals surface area contributed by atoms with Gasteiger partial charge in [0, 0.05) is 12.8 Å². The normalized spacial score (nSPS) is 12.8. The van der Waals surface area contributed by atoms with Gasteiger partial charge in [-0.05, 0) is 76.7 Å². The third-order valence-electron chi connectivity index (χ3n) is 9.59. The Morgan fingerprint density at radius 1 is 0.574 bits per heavy atom. The molecular formula is C45H80N2O7. The average molecular weight is 761 g/mol. The highest BCUT2D eigenvalue weighted by molar-refractivity contribution is 5.87. The second-order valence-electron chi connectivity index (χ2n) is 14.8. The molecule has 4 N–H and O–H groups in total. The summed E-state index contributed by atoms with van der Waals surface area (Å²) >= 11 is 0. The van der Waals surface area contributed by atoms with Crippen molar-refractivity contribution in [3.63, 3.8) is 0 Å². The molecule has 0 saturated carbocycles. The number of carboxylic acids is 1. The summed E-state index contributed by atoms with van der Waals surface area (Å²) < 4.78 is 5.91. The molecule has 0 radical (unpaired) electrons. The lowest BCUT2D eigenvalue weighted by atomic mass is 10.1. The first kappa shape index (κ1) is 51.1. The summed E-state index contributed by atoms with van der Waals surface area (Å²) in [6.07, 6.45) is 44.7. The molecule has 0 rings (SSSR count). The zero-order valence-corrected chi connectivity index (χ0v) is 34.5. The number of hydrogen-bond acceptors (Lipinski definition) is 6. The number of unbranched alkanes of at least 4 members (excludes halogenated alkanes) is 21. The molecule has 2 unspecified atom stereocenters. The molecule has 0 saturated heterocycles. The Bertz CT molecular complexity index is 1010. The number of ether oxygens (including phenoxy) is 1. The van der Waals surface area contributed by atoms with Crippen LogP contribution < -0.4 is 10.6 Å². The van der Waals surface area contributed by atoms with Crippen LogP contribution in [0.3, 0.4) is 0 Å². The molecule has 0 aliphatic heterocycles. The number of carboxylic acid groups (broad SMARTS) is 1. The predicted molar refractivity (Wildman–Crippen MR) is 222 cm³/mol. The van der Waals surface area contributed by atoms with Crippen molar-refractivity contribution < 1.29 is 34.1 Å². The van der Waals surface area contributed by atoms with Gasteiger partial charge < -0.3 is 25.6 Å². The third kappa shape index (κ3) is 36.1. The van der Waals surface area contributed by atoms with Gasteiger partial charge in [0.05, 0.1) is 13.2 Å². The number of nitrogens with one attached hydrogen (secondary N) is 2. The van der Waals surface area contributed by atoms with Crippen molar-refractivity contribution in [1.82, 2.24) is 10.6 Å². The lowest BCUT2D eigenvalue weighted by Gasteiger charge is -2.15. The van der Waals surface area contributed by atoms with Crippen molar-refractivity contribution in [1.29, 1.82) is 0 Å². The van der Waals surface area contributed by atoms with Crippen LogP contribution in [-0.2, 0) is 23.9 Å². The van der Waals surface area contributed by atoms with Gasteiger partial charge in [0.2, 0.25) is 11.8 Å². The van der Waals surface area contributed by atoms with E-state index in [1.807, 2.05) is 0 Å². The Morgan fingerprint density at radius 3 is 1.63 bits per heavy atom. The standard InChI is InChI=1S/C45H80N2O7/c1-3-5-7-9-11-13-14-15-16-17-18-19-20-21-22-23-25-27-33-37-44(51)54-40(34-30-26-24-12-10-8-6-4-2)35-31-28-29-32-36-42(49)46-38-43(50)47-41(39-48)45(52)53/h11,13,15-16,30,34,40-41,48H,3-10,12,14,17-29,31-33,35-39H2,1-2H3,(H,46,49)(H,47,50)(H,52,53)/b13-11-,16-15-,34-30-. The Hall–Kier alpha value is -2.94. The fourth-order valence-corrected chi connectivity index (χ4v) is 6.18. The molecule has 0 aromatic heterocycles. The SMILES string of the molecule is CCCCC/C=C\C/C=C\CCCCCCCCCCCC(=O)OC(/C=C\CCCCCCCC)CCCCCCC(=O)NCC(=O)NC(CO)C(=O)O. The first-order valence-electron chi connectivity index (χ1n) is 21.9. The first-order chi connectivity index (χ1) is 26.3. The lowest BCUT2D eigenvalue weighted by molar-refractivity contribution is -0.147. The van der Waals surface area contributed by atoms with Gasteiger partial charge in [0.1, 0.15) is 12.1 Å². The highest BCUT2D eigenvalue weighted by atomic mass is 16.5. The van der Waals surface area contributed by atoms with Crippen LogP contribution in [0.4, 0.5) is 0 Å². The van der Waals surface area contributed by atoms with Crippen molar-refractivity contribution in [3.05, 3.63) is 36.5 Å². The minimum Gasteiger partial charge on any atom is -0.480 e. The van der Waals surface area contributed by atoms with Crippen LogP contribution in [0.2, 0.25) is 0 Å². The highest BCUT2D eigenvalue weighted by Gasteiger charge is 2.18. The molecule has 2 amide bonds. The quantitative estimate of drug-likeness (QED) is 0.0277. The molecule has 9 nitrogen and oxygen atoms in total. The second kappa shape index (κ2) is 39.7. The Kier molecular flexibility index (Phi) is 37.6. The summed E-state index contributed by atoms with van der Waals surface area (Å²) in [6, 6.07) is -1.39. The van der Waals surface area contributed by atoms with E-state index in [0.29, 0.717) is 12.8 Å². The number of amides is 2. The molecule has 9 heteroatoms. The molecule has 0 aliphatic carbocycles. The van der Waals surface area contributed by atoms with Gasteiger partial charge in [-0.25, -0.2) is 4.79 Å². The van der Waals surface area contributed by atoms with Gasteiger partial charge >= 0.3 is 11.9 Å². The minimum atomic E-state index is -1.39. The number of aliphatic hydroxyl groups is 1. The Balaban J connectivity index is 4.21. The molecule has 0 fully saturated rings. The maximum Gasteiger partial charge on any atom is 0.328 e. The van der Waals surface area contributed by atoms with Gasteiger partial charge in [-0.15, -0.1) is 0 Å². The molecule has 0 bridgehead atoms. The molecular weight excluding hydrogens is 681 g/mol. The molecule has 2 atom stereocenters. The topological polar surface area (TPSA) is 142 Å². The van der Waals surface area contributed by atoms with E-state index in [-0.39, 0.29) is 30.9 Å². The number of aliphatic hydroxyl groups excluding tert-OH is 1. The van der Waals surface area contributed by atoms with Crippen LogP contribution in [0.1, 0.15) is 200 Å². The molecule has 0 spiro atoms. The number of allylic oxidation sites excluding steroid dienone is 5. The van der Waals surface area contributed by atoms with Crippen LogP contribution in [0.15, 0.2) is 36.5 Å². The number of carbonyl (C=O) groups is 4. The van der Waals surface area contributed by atoms with Crippen LogP contribution in [0, 0.1) is 0 Å². The van der Waals surface area contributed by atoms with Crippen LogP contribution in [0.5, 0.6) is 0 Å².